The maximum atomic E-state index is 5.72. The summed E-state index contributed by atoms with van der Waals surface area (Å²) in [5.41, 5.74) is 1.01. The van der Waals surface area contributed by atoms with Gasteiger partial charge in [-0.2, -0.15) is 0 Å². The standard InChI is InChI=1S/C14H22N2O2/c1-3-9-17-13-7-5-4-6-12(13)15-14-11-16(2)8-10-18-14/h4-7,14-15H,3,8-11H2,1-2H3. The van der Waals surface area contributed by atoms with Crippen molar-refractivity contribution in [2.45, 2.75) is 19.6 Å². The SMILES string of the molecule is CCCOc1ccccc1NC1CN(C)CCO1. The van der Waals surface area contributed by atoms with Crippen molar-refractivity contribution in [1.82, 2.24) is 4.90 Å². The maximum Gasteiger partial charge on any atom is 0.142 e. The number of ether oxygens (including phenoxy) is 2. The summed E-state index contributed by atoms with van der Waals surface area (Å²) in [7, 11) is 2.11. The van der Waals surface area contributed by atoms with Crippen LogP contribution in [-0.2, 0) is 4.74 Å². The molecule has 100 valence electrons. The molecule has 1 saturated heterocycles. The Bertz CT molecular complexity index is 371. The first kappa shape index (κ1) is 13.2. The number of hydrogen-bond acceptors (Lipinski definition) is 4. The molecule has 0 radical (unpaired) electrons. The first-order valence-corrected chi connectivity index (χ1v) is 6.58. The van der Waals surface area contributed by atoms with Crippen LogP contribution in [0.3, 0.4) is 0 Å². The number of nitrogens with one attached hydrogen (secondary N) is 1. The van der Waals surface area contributed by atoms with E-state index in [0.29, 0.717) is 0 Å². The summed E-state index contributed by atoms with van der Waals surface area (Å²) in [5, 5.41) is 3.40. The van der Waals surface area contributed by atoms with Crippen LogP contribution in [0.2, 0.25) is 0 Å². The van der Waals surface area contributed by atoms with E-state index in [9.17, 15) is 0 Å². The molecule has 1 unspecified atom stereocenters. The molecule has 1 aliphatic rings. The van der Waals surface area contributed by atoms with Crippen molar-refractivity contribution in [1.29, 1.82) is 0 Å². The number of benzene rings is 1. The van der Waals surface area contributed by atoms with Gasteiger partial charge >= 0.3 is 0 Å². The van der Waals surface area contributed by atoms with E-state index in [0.717, 1.165) is 44.2 Å². The Balaban J connectivity index is 1.99. The van der Waals surface area contributed by atoms with Crippen LogP contribution in [-0.4, -0.2) is 44.5 Å². The number of nitrogens with zero attached hydrogens (tertiary/aromatic N) is 1. The Kier molecular flexibility index (Phi) is 4.84. The van der Waals surface area contributed by atoms with Gasteiger partial charge in [-0.25, -0.2) is 0 Å². The van der Waals surface area contributed by atoms with E-state index < -0.39 is 0 Å². The van der Waals surface area contributed by atoms with E-state index in [1.54, 1.807) is 0 Å². The fourth-order valence-corrected chi connectivity index (χ4v) is 1.96. The number of hydrogen-bond donors (Lipinski definition) is 1. The molecule has 1 aromatic carbocycles. The Morgan fingerprint density at radius 1 is 1.44 bits per heavy atom. The minimum Gasteiger partial charge on any atom is -0.491 e. The third kappa shape index (κ3) is 3.62. The molecule has 1 atom stereocenters. The topological polar surface area (TPSA) is 33.7 Å². The van der Waals surface area contributed by atoms with E-state index in [1.807, 2.05) is 24.3 Å². The number of morpholine rings is 1. The second kappa shape index (κ2) is 6.61. The molecule has 1 N–H and O–H groups in total. The molecular weight excluding hydrogens is 228 g/mol. The second-order valence-electron chi connectivity index (χ2n) is 4.61. The van der Waals surface area contributed by atoms with Crippen LogP contribution in [0.1, 0.15) is 13.3 Å². The molecule has 4 heteroatoms. The maximum absolute atomic E-state index is 5.72. The van der Waals surface area contributed by atoms with E-state index in [1.165, 1.54) is 0 Å². The minimum atomic E-state index is 0.0372. The Labute approximate surface area is 109 Å². The average molecular weight is 250 g/mol. The summed E-state index contributed by atoms with van der Waals surface area (Å²) in [6.07, 6.45) is 1.05. The Hall–Kier alpha value is -1.26. The van der Waals surface area contributed by atoms with Crippen LogP contribution in [0, 0.1) is 0 Å². The highest BCUT2D eigenvalue weighted by Crippen LogP contribution is 2.25. The number of rotatable bonds is 5. The molecule has 0 aromatic heterocycles. The predicted octanol–water partition coefficient (Wildman–Crippen LogP) is 2.18. The molecule has 1 heterocycles. The van der Waals surface area contributed by atoms with E-state index in [4.69, 9.17) is 9.47 Å². The van der Waals surface area contributed by atoms with Crippen molar-refractivity contribution >= 4 is 5.69 Å². The fourth-order valence-electron chi connectivity index (χ4n) is 1.96. The zero-order valence-corrected chi connectivity index (χ0v) is 11.2. The Morgan fingerprint density at radius 3 is 3.06 bits per heavy atom. The van der Waals surface area contributed by atoms with Crippen molar-refractivity contribution in [2.24, 2.45) is 0 Å². The van der Waals surface area contributed by atoms with Crippen LogP contribution >= 0.6 is 0 Å². The van der Waals surface area contributed by atoms with Crippen LogP contribution in [0.5, 0.6) is 5.75 Å². The number of para-hydroxylation sites is 2. The summed E-state index contributed by atoms with van der Waals surface area (Å²) in [6.45, 7) is 5.50. The van der Waals surface area contributed by atoms with Crippen molar-refractivity contribution in [3.05, 3.63) is 24.3 Å². The molecule has 1 fully saturated rings. The van der Waals surface area contributed by atoms with Gasteiger partial charge in [0, 0.05) is 13.1 Å². The lowest BCUT2D eigenvalue weighted by molar-refractivity contribution is -0.00366. The largest absolute Gasteiger partial charge is 0.491 e. The molecule has 0 bridgehead atoms. The van der Waals surface area contributed by atoms with Crippen LogP contribution in [0.4, 0.5) is 5.69 Å². The van der Waals surface area contributed by atoms with Crippen molar-refractivity contribution in [3.63, 3.8) is 0 Å². The molecule has 1 aliphatic heterocycles. The molecule has 0 spiro atoms. The van der Waals surface area contributed by atoms with E-state index in [2.05, 4.69) is 24.2 Å². The highest BCUT2D eigenvalue weighted by Gasteiger charge is 2.18. The minimum absolute atomic E-state index is 0.0372. The predicted molar refractivity (Wildman–Crippen MR) is 73.1 cm³/mol. The monoisotopic (exact) mass is 250 g/mol. The molecule has 2 rings (SSSR count). The Morgan fingerprint density at radius 2 is 2.28 bits per heavy atom. The normalized spacial score (nSPS) is 20.7. The third-order valence-corrected chi connectivity index (χ3v) is 2.93. The first-order chi connectivity index (χ1) is 8.79. The van der Waals surface area contributed by atoms with Gasteiger partial charge < -0.3 is 14.8 Å². The molecule has 0 amide bonds. The fraction of sp³-hybridized carbons (Fsp3) is 0.571. The molecule has 0 aliphatic carbocycles. The van der Waals surface area contributed by atoms with Gasteiger partial charge in [-0.15, -0.1) is 0 Å². The number of anilines is 1. The lowest BCUT2D eigenvalue weighted by Crippen LogP contribution is -2.43. The van der Waals surface area contributed by atoms with Gasteiger partial charge in [0.2, 0.25) is 0 Å². The summed E-state index contributed by atoms with van der Waals surface area (Å²) in [5.74, 6) is 0.899. The van der Waals surface area contributed by atoms with Gasteiger partial charge in [0.1, 0.15) is 12.0 Å². The quantitative estimate of drug-likeness (QED) is 0.868. The van der Waals surface area contributed by atoms with E-state index >= 15 is 0 Å². The smallest absolute Gasteiger partial charge is 0.142 e. The van der Waals surface area contributed by atoms with Gasteiger partial charge in [-0.05, 0) is 25.6 Å². The van der Waals surface area contributed by atoms with Crippen LogP contribution < -0.4 is 10.1 Å². The van der Waals surface area contributed by atoms with Gasteiger partial charge in [-0.3, -0.25) is 4.90 Å². The lowest BCUT2D eigenvalue weighted by atomic mass is 10.2. The molecule has 18 heavy (non-hydrogen) atoms. The van der Waals surface area contributed by atoms with Gasteiger partial charge in [0.25, 0.3) is 0 Å². The van der Waals surface area contributed by atoms with Crippen molar-refractivity contribution in [2.75, 3.05) is 38.7 Å². The van der Waals surface area contributed by atoms with Crippen LogP contribution in [0.25, 0.3) is 0 Å². The zero-order valence-electron chi connectivity index (χ0n) is 11.2. The van der Waals surface area contributed by atoms with Gasteiger partial charge in [0.15, 0.2) is 0 Å². The second-order valence-corrected chi connectivity index (χ2v) is 4.61. The first-order valence-electron chi connectivity index (χ1n) is 6.58. The highest BCUT2D eigenvalue weighted by atomic mass is 16.5. The molecule has 4 nitrogen and oxygen atoms in total. The molecule has 0 saturated carbocycles. The summed E-state index contributed by atoms with van der Waals surface area (Å²) in [6, 6.07) is 8.02. The average Bonchev–Trinajstić information content (AvgIpc) is 2.38. The summed E-state index contributed by atoms with van der Waals surface area (Å²) >= 11 is 0. The van der Waals surface area contributed by atoms with Gasteiger partial charge in [0.05, 0.1) is 18.9 Å². The van der Waals surface area contributed by atoms with Crippen molar-refractivity contribution < 1.29 is 9.47 Å². The summed E-state index contributed by atoms with van der Waals surface area (Å²) < 4.78 is 11.4. The third-order valence-electron chi connectivity index (χ3n) is 2.93. The lowest BCUT2D eigenvalue weighted by Gasteiger charge is -2.31. The van der Waals surface area contributed by atoms with Crippen LogP contribution in [0.15, 0.2) is 24.3 Å². The molecule has 1 aromatic rings. The van der Waals surface area contributed by atoms with Crippen molar-refractivity contribution in [3.8, 4) is 5.75 Å². The van der Waals surface area contributed by atoms with E-state index in [-0.39, 0.29) is 6.23 Å². The highest BCUT2D eigenvalue weighted by molar-refractivity contribution is 5.56. The summed E-state index contributed by atoms with van der Waals surface area (Å²) in [4.78, 5) is 2.26. The molecular formula is C14H22N2O2. The number of likely N-dealkylation sites (N-methyl/N-ethyl adjacent to an activating group) is 1. The van der Waals surface area contributed by atoms with Gasteiger partial charge in [-0.1, -0.05) is 19.1 Å². The zero-order chi connectivity index (χ0) is 12.8.